The van der Waals surface area contributed by atoms with E-state index in [4.69, 9.17) is 4.74 Å². The molecule has 0 aromatic heterocycles. The van der Waals surface area contributed by atoms with Crippen molar-refractivity contribution in [3.8, 4) is 0 Å². The molecule has 2 bridgehead atoms. The summed E-state index contributed by atoms with van der Waals surface area (Å²) in [5, 5.41) is 0. The van der Waals surface area contributed by atoms with Crippen LogP contribution in [0.15, 0.2) is 49.1 Å². The molecule has 1 nitrogen and oxygen atoms in total. The van der Waals surface area contributed by atoms with E-state index in [1.807, 2.05) is 0 Å². The summed E-state index contributed by atoms with van der Waals surface area (Å²) in [4.78, 5) is 0. The van der Waals surface area contributed by atoms with Crippen LogP contribution in [0.25, 0.3) is 5.57 Å². The summed E-state index contributed by atoms with van der Waals surface area (Å²) < 4.78 is 5.95. The third-order valence-electron chi connectivity index (χ3n) is 6.45. The summed E-state index contributed by atoms with van der Waals surface area (Å²) >= 11 is 0. The highest BCUT2D eigenvalue weighted by molar-refractivity contribution is 5.62. The summed E-state index contributed by atoms with van der Waals surface area (Å²) in [6.45, 7) is 6.20. The topological polar surface area (TPSA) is 9.23 Å². The van der Waals surface area contributed by atoms with Crippen LogP contribution < -0.4 is 0 Å². The van der Waals surface area contributed by atoms with Gasteiger partial charge in [-0.25, -0.2) is 0 Å². The molecule has 0 amide bonds. The standard InChI is InChI=1S/C26H38O/c1-22(24-14-10-8-11-15-24)13-9-6-4-2-3-5-7-12-18-27-21-26-20-23-16-17-25(26)19-23/h8,10-11,14-17,23,25-26H,1-7,9,12-13,18-21H2. The van der Waals surface area contributed by atoms with E-state index in [1.165, 1.54) is 75.3 Å². The van der Waals surface area contributed by atoms with Gasteiger partial charge in [-0.2, -0.15) is 0 Å². The Labute approximate surface area is 166 Å². The average molecular weight is 367 g/mol. The van der Waals surface area contributed by atoms with Gasteiger partial charge >= 0.3 is 0 Å². The minimum atomic E-state index is 0.818. The second kappa shape index (κ2) is 11.5. The number of ether oxygens (including phenoxy) is 1. The fourth-order valence-corrected chi connectivity index (χ4v) is 4.74. The van der Waals surface area contributed by atoms with Gasteiger partial charge in [-0.05, 0) is 61.0 Å². The minimum absolute atomic E-state index is 0.818. The van der Waals surface area contributed by atoms with Crippen molar-refractivity contribution in [2.45, 2.75) is 70.6 Å². The first kappa shape index (κ1) is 20.4. The number of benzene rings is 1. The molecule has 2 aliphatic rings. The lowest BCUT2D eigenvalue weighted by Crippen LogP contribution is -2.14. The van der Waals surface area contributed by atoms with Gasteiger partial charge in [0.25, 0.3) is 0 Å². The number of hydrogen-bond acceptors (Lipinski definition) is 1. The predicted molar refractivity (Wildman–Crippen MR) is 117 cm³/mol. The van der Waals surface area contributed by atoms with Gasteiger partial charge in [-0.3, -0.25) is 0 Å². The molecule has 1 heteroatoms. The van der Waals surface area contributed by atoms with Gasteiger partial charge in [0, 0.05) is 13.2 Å². The van der Waals surface area contributed by atoms with Crippen LogP contribution in [0.2, 0.25) is 0 Å². The van der Waals surface area contributed by atoms with Gasteiger partial charge in [-0.15, -0.1) is 0 Å². The molecule has 0 radical (unpaired) electrons. The van der Waals surface area contributed by atoms with Crippen LogP contribution in [-0.2, 0) is 4.74 Å². The molecule has 3 atom stereocenters. The lowest BCUT2D eigenvalue weighted by Gasteiger charge is -2.17. The number of allylic oxidation sites excluding steroid dienone is 3. The van der Waals surface area contributed by atoms with Crippen molar-refractivity contribution in [1.82, 2.24) is 0 Å². The Balaban J connectivity index is 1.07. The molecule has 3 rings (SSSR count). The fourth-order valence-electron chi connectivity index (χ4n) is 4.74. The van der Waals surface area contributed by atoms with Crippen LogP contribution in [-0.4, -0.2) is 13.2 Å². The monoisotopic (exact) mass is 366 g/mol. The third kappa shape index (κ3) is 6.96. The lowest BCUT2D eigenvalue weighted by atomic mass is 9.95. The molecule has 148 valence electrons. The van der Waals surface area contributed by atoms with Crippen molar-refractivity contribution >= 4 is 5.57 Å². The predicted octanol–water partition coefficient (Wildman–Crippen LogP) is 7.44. The number of fused-ring (bicyclic) bond motifs is 2. The molecular weight excluding hydrogens is 328 g/mol. The van der Waals surface area contributed by atoms with Crippen molar-refractivity contribution in [2.75, 3.05) is 13.2 Å². The molecule has 2 aliphatic carbocycles. The minimum Gasteiger partial charge on any atom is -0.381 e. The molecule has 1 saturated carbocycles. The Morgan fingerprint density at radius 3 is 2.22 bits per heavy atom. The normalized spacial score (nSPS) is 23.2. The Hall–Kier alpha value is -1.34. The molecule has 27 heavy (non-hydrogen) atoms. The van der Waals surface area contributed by atoms with E-state index in [0.717, 1.165) is 37.4 Å². The van der Waals surface area contributed by atoms with Crippen molar-refractivity contribution in [3.05, 3.63) is 54.6 Å². The zero-order chi connectivity index (χ0) is 18.7. The zero-order valence-electron chi connectivity index (χ0n) is 17.1. The summed E-state index contributed by atoms with van der Waals surface area (Å²) in [7, 11) is 0. The number of rotatable bonds is 14. The zero-order valence-corrected chi connectivity index (χ0v) is 17.1. The summed E-state index contributed by atoms with van der Waals surface area (Å²) in [5.74, 6) is 2.53. The quantitative estimate of drug-likeness (QED) is 0.245. The van der Waals surface area contributed by atoms with Crippen molar-refractivity contribution in [3.63, 3.8) is 0 Å². The molecule has 3 unspecified atom stereocenters. The van der Waals surface area contributed by atoms with Crippen LogP contribution >= 0.6 is 0 Å². The summed E-state index contributed by atoms with van der Waals surface area (Å²) in [5.41, 5.74) is 2.59. The maximum atomic E-state index is 5.95. The molecule has 0 heterocycles. The van der Waals surface area contributed by atoms with E-state index in [1.54, 1.807) is 0 Å². The van der Waals surface area contributed by atoms with Gasteiger partial charge in [0.1, 0.15) is 0 Å². The molecule has 1 fully saturated rings. The van der Waals surface area contributed by atoms with E-state index in [9.17, 15) is 0 Å². The maximum absolute atomic E-state index is 5.95. The summed E-state index contributed by atoms with van der Waals surface area (Å²) in [6, 6.07) is 10.6. The van der Waals surface area contributed by atoms with Crippen LogP contribution in [0.5, 0.6) is 0 Å². The highest BCUT2D eigenvalue weighted by atomic mass is 16.5. The first-order valence-electron chi connectivity index (χ1n) is 11.3. The number of unbranched alkanes of at least 4 members (excludes halogenated alkanes) is 7. The van der Waals surface area contributed by atoms with Gasteiger partial charge < -0.3 is 4.74 Å². The Kier molecular flexibility index (Phi) is 8.68. The van der Waals surface area contributed by atoms with E-state index in [2.05, 4.69) is 49.1 Å². The number of hydrogen-bond donors (Lipinski definition) is 0. The van der Waals surface area contributed by atoms with Crippen molar-refractivity contribution in [1.29, 1.82) is 0 Å². The molecule has 1 aromatic rings. The Bertz CT molecular complexity index is 573. The van der Waals surface area contributed by atoms with E-state index in [0.29, 0.717) is 0 Å². The van der Waals surface area contributed by atoms with Crippen molar-refractivity contribution < 1.29 is 4.74 Å². The van der Waals surface area contributed by atoms with Gasteiger partial charge in [0.2, 0.25) is 0 Å². The van der Waals surface area contributed by atoms with Crippen LogP contribution in [0.4, 0.5) is 0 Å². The van der Waals surface area contributed by atoms with Gasteiger partial charge in [0.05, 0.1) is 0 Å². The second-order valence-corrected chi connectivity index (χ2v) is 8.66. The highest BCUT2D eigenvalue weighted by Gasteiger charge is 2.35. The van der Waals surface area contributed by atoms with Crippen molar-refractivity contribution in [2.24, 2.45) is 17.8 Å². The first-order valence-corrected chi connectivity index (χ1v) is 11.3. The first-order chi connectivity index (χ1) is 13.3. The molecular formula is C26H38O. The second-order valence-electron chi connectivity index (χ2n) is 8.66. The van der Waals surface area contributed by atoms with E-state index in [-0.39, 0.29) is 0 Å². The molecule has 0 aliphatic heterocycles. The smallest absolute Gasteiger partial charge is 0.0500 e. The molecule has 1 aromatic carbocycles. The third-order valence-corrected chi connectivity index (χ3v) is 6.45. The molecule has 0 saturated heterocycles. The van der Waals surface area contributed by atoms with Crippen LogP contribution in [0.1, 0.15) is 76.2 Å². The largest absolute Gasteiger partial charge is 0.381 e. The van der Waals surface area contributed by atoms with Gasteiger partial charge in [-0.1, -0.05) is 87.6 Å². The maximum Gasteiger partial charge on any atom is 0.0500 e. The van der Waals surface area contributed by atoms with E-state index >= 15 is 0 Å². The summed E-state index contributed by atoms with van der Waals surface area (Å²) in [6.07, 6.45) is 19.5. The Morgan fingerprint density at radius 2 is 1.56 bits per heavy atom. The molecule has 0 spiro atoms. The van der Waals surface area contributed by atoms with E-state index < -0.39 is 0 Å². The fraction of sp³-hybridized carbons (Fsp3) is 0.615. The average Bonchev–Trinajstić information content (AvgIpc) is 3.32. The lowest BCUT2D eigenvalue weighted by molar-refractivity contribution is 0.0876. The Morgan fingerprint density at radius 1 is 0.852 bits per heavy atom. The molecule has 0 N–H and O–H groups in total. The van der Waals surface area contributed by atoms with Crippen LogP contribution in [0, 0.1) is 17.8 Å². The van der Waals surface area contributed by atoms with Crippen LogP contribution in [0.3, 0.4) is 0 Å². The van der Waals surface area contributed by atoms with Gasteiger partial charge in [0.15, 0.2) is 0 Å². The SMILES string of the molecule is C=C(CCCCCCCCCCOCC1CC2C=CC1C2)c1ccccc1. The highest BCUT2D eigenvalue weighted by Crippen LogP contribution is 2.43.